The molecule has 188 valence electrons. The van der Waals surface area contributed by atoms with Crippen LogP contribution in [-0.2, 0) is 9.53 Å². The summed E-state index contributed by atoms with van der Waals surface area (Å²) in [6.45, 7) is 10.5. The van der Waals surface area contributed by atoms with Gasteiger partial charge in [0.2, 0.25) is 5.91 Å². The Hall–Kier alpha value is -3.16. The van der Waals surface area contributed by atoms with Gasteiger partial charge in [0, 0.05) is 41.4 Å². The van der Waals surface area contributed by atoms with Crippen LogP contribution in [-0.4, -0.2) is 39.4 Å². The monoisotopic (exact) mass is 528 g/mol. The number of allylic oxidation sites excluding steroid dienone is 4. The number of rotatable bonds is 6. The van der Waals surface area contributed by atoms with Crippen LogP contribution in [0.5, 0.6) is 0 Å². The number of carbonyl (C=O) groups is 1. The smallest absolute Gasteiger partial charge is 0.245 e. The number of piperidine rings is 1. The number of hydrogen-bond donors (Lipinski definition) is 1. The number of likely N-dealkylation sites (tertiary alicyclic amines) is 1. The lowest BCUT2D eigenvalue weighted by atomic mass is 10.0. The Labute approximate surface area is 219 Å². The molecule has 9 heteroatoms. The first-order valence-electron chi connectivity index (χ1n) is 11.6. The molecule has 1 amide bonds. The number of nitrogens with zero attached hydrogens (tertiary/aromatic N) is 3. The van der Waals surface area contributed by atoms with E-state index in [0.29, 0.717) is 30.0 Å². The van der Waals surface area contributed by atoms with Gasteiger partial charge >= 0.3 is 0 Å². The van der Waals surface area contributed by atoms with Crippen molar-refractivity contribution in [1.82, 2.24) is 14.7 Å². The molecule has 1 fully saturated rings. The fourth-order valence-corrected chi connectivity index (χ4v) is 5.12. The van der Waals surface area contributed by atoms with Crippen LogP contribution in [0.1, 0.15) is 49.0 Å². The molecule has 2 atom stereocenters. The molecule has 1 saturated heterocycles. The third-order valence-electron chi connectivity index (χ3n) is 6.52. The number of halogens is 3. The molecule has 2 aliphatic rings. The zero-order chi connectivity index (χ0) is 26.0. The van der Waals surface area contributed by atoms with Crippen molar-refractivity contribution in [1.29, 1.82) is 5.41 Å². The third-order valence-corrected chi connectivity index (χ3v) is 7.24. The molecule has 0 saturated carbocycles. The number of benzene rings is 1. The topological polar surface area (TPSA) is 71.2 Å². The average Bonchev–Trinajstić information content (AvgIpc) is 3.32. The normalized spacial score (nSPS) is 19.6. The second-order valence-corrected chi connectivity index (χ2v) is 9.63. The summed E-state index contributed by atoms with van der Waals surface area (Å²) < 4.78 is 22.1. The van der Waals surface area contributed by atoms with Crippen molar-refractivity contribution in [2.75, 3.05) is 13.1 Å². The second kappa shape index (κ2) is 10.8. The van der Waals surface area contributed by atoms with Crippen LogP contribution in [0.25, 0.3) is 0 Å². The van der Waals surface area contributed by atoms with Gasteiger partial charge in [0.1, 0.15) is 23.4 Å². The summed E-state index contributed by atoms with van der Waals surface area (Å²) in [7, 11) is 0. The van der Waals surface area contributed by atoms with Crippen LogP contribution < -0.4 is 0 Å². The van der Waals surface area contributed by atoms with Crippen molar-refractivity contribution in [2.45, 2.75) is 37.8 Å². The van der Waals surface area contributed by atoms with Crippen molar-refractivity contribution in [3.05, 3.63) is 100 Å². The van der Waals surface area contributed by atoms with E-state index in [4.69, 9.17) is 33.3 Å². The molecule has 4 rings (SSSR count). The Balaban J connectivity index is 1.55. The lowest BCUT2D eigenvalue weighted by Crippen LogP contribution is -2.38. The van der Waals surface area contributed by atoms with E-state index in [9.17, 15) is 9.18 Å². The lowest BCUT2D eigenvalue weighted by Gasteiger charge is -2.31. The van der Waals surface area contributed by atoms with Gasteiger partial charge in [-0.05, 0) is 49.6 Å². The highest BCUT2D eigenvalue weighted by Gasteiger charge is 2.26. The van der Waals surface area contributed by atoms with Gasteiger partial charge in [-0.2, -0.15) is 5.10 Å². The van der Waals surface area contributed by atoms with Gasteiger partial charge < -0.3 is 9.64 Å². The van der Waals surface area contributed by atoms with Gasteiger partial charge in [-0.25, -0.2) is 4.39 Å². The SMILES string of the molecule is C=CC(=O)N1CCC(n2cc(C3C=CC(=C)C(=N)C(OC(C)c4c(Cl)ccc(F)c4Cl)=C3)cn2)CC1. The standard InChI is InChI=1S/C27H27Cl2FN4O2/c1-4-24(35)33-11-9-20(10-12-33)34-15-19(14-32-34)18-6-5-16(2)27(31)23(13-18)36-17(3)25-21(28)7-8-22(30)26(25)29/h4-8,13-15,17-18,20,31H,1-2,9-12H2,3H3. The minimum absolute atomic E-state index is 0.0476. The number of hydrogen-bond acceptors (Lipinski definition) is 4. The van der Waals surface area contributed by atoms with Gasteiger partial charge in [0.15, 0.2) is 0 Å². The zero-order valence-corrected chi connectivity index (χ0v) is 21.4. The Morgan fingerprint density at radius 2 is 2.06 bits per heavy atom. The summed E-state index contributed by atoms with van der Waals surface area (Å²) in [6.07, 6.45) is 11.6. The fourth-order valence-electron chi connectivity index (χ4n) is 4.44. The predicted octanol–water partition coefficient (Wildman–Crippen LogP) is 6.57. The second-order valence-electron chi connectivity index (χ2n) is 8.85. The van der Waals surface area contributed by atoms with Crippen LogP contribution in [0.2, 0.25) is 10.0 Å². The molecular weight excluding hydrogens is 502 g/mol. The van der Waals surface area contributed by atoms with E-state index in [0.717, 1.165) is 18.4 Å². The Morgan fingerprint density at radius 3 is 2.75 bits per heavy atom. The largest absolute Gasteiger partial charge is 0.484 e. The first-order valence-corrected chi connectivity index (χ1v) is 12.4. The van der Waals surface area contributed by atoms with Crippen molar-refractivity contribution in [2.24, 2.45) is 0 Å². The molecule has 2 unspecified atom stereocenters. The van der Waals surface area contributed by atoms with Crippen molar-refractivity contribution in [3.8, 4) is 0 Å². The van der Waals surface area contributed by atoms with E-state index in [1.54, 1.807) is 24.1 Å². The minimum Gasteiger partial charge on any atom is -0.484 e. The van der Waals surface area contributed by atoms with E-state index >= 15 is 0 Å². The highest BCUT2D eigenvalue weighted by Crippen LogP contribution is 2.37. The van der Waals surface area contributed by atoms with Gasteiger partial charge in [0.05, 0.1) is 17.3 Å². The molecule has 2 heterocycles. The van der Waals surface area contributed by atoms with Gasteiger partial charge in [-0.1, -0.05) is 48.5 Å². The highest BCUT2D eigenvalue weighted by atomic mass is 35.5. The van der Waals surface area contributed by atoms with E-state index < -0.39 is 11.9 Å². The van der Waals surface area contributed by atoms with Crippen LogP contribution >= 0.6 is 23.2 Å². The fraction of sp³-hybridized carbons (Fsp3) is 0.296. The summed E-state index contributed by atoms with van der Waals surface area (Å²) in [5.74, 6) is -0.564. The lowest BCUT2D eigenvalue weighted by molar-refractivity contribution is -0.127. The van der Waals surface area contributed by atoms with E-state index in [-0.39, 0.29) is 33.6 Å². The van der Waals surface area contributed by atoms with Crippen LogP contribution in [0, 0.1) is 11.2 Å². The van der Waals surface area contributed by atoms with Crippen molar-refractivity contribution >= 4 is 34.8 Å². The van der Waals surface area contributed by atoms with Gasteiger partial charge in [0.25, 0.3) is 0 Å². The number of amides is 1. The predicted molar refractivity (Wildman–Crippen MR) is 140 cm³/mol. The van der Waals surface area contributed by atoms with Crippen LogP contribution in [0.4, 0.5) is 4.39 Å². The van der Waals surface area contributed by atoms with Crippen LogP contribution in [0.3, 0.4) is 0 Å². The molecule has 1 aliphatic heterocycles. The maximum Gasteiger partial charge on any atom is 0.245 e. The Morgan fingerprint density at radius 1 is 1.33 bits per heavy atom. The maximum atomic E-state index is 14.1. The summed E-state index contributed by atoms with van der Waals surface area (Å²) in [6, 6.07) is 2.82. The maximum absolute atomic E-state index is 14.1. The van der Waals surface area contributed by atoms with Crippen LogP contribution in [0.15, 0.2) is 73.3 Å². The molecule has 1 aromatic heterocycles. The van der Waals surface area contributed by atoms with E-state index in [1.807, 2.05) is 23.0 Å². The summed E-state index contributed by atoms with van der Waals surface area (Å²) >= 11 is 12.4. The number of carbonyl (C=O) groups excluding carboxylic acids is 1. The van der Waals surface area contributed by atoms with E-state index in [1.165, 1.54) is 18.2 Å². The minimum atomic E-state index is -0.704. The zero-order valence-electron chi connectivity index (χ0n) is 19.9. The molecule has 6 nitrogen and oxygen atoms in total. The van der Waals surface area contributed by atoms with Gasteiger partial charge in [-0.15, -0.1) is 0 Å². The average molecular weight is 529 g/mol. The molecule has 1 N–H and O–H groups in total. The summed E-state index contributed by atoms with van der Waals surface area (Å²) in [5, 5.41) is 13.3. The number of ether oxygens (including phenoxy) is 1. The number of aromatic nitrogens is 2. The Bertz CT molecular complexity index is 1270. The van der Waals surface area contributed by atoms with Gasteiger partial charge in [-0.3, -0.25) is 14.9 Å². The molecule has 1 aromatic carbocycles. The van der Waals surface area contributed by atoms with Crippen molar-refractivity contribution < 1.29 is 13.9 Å². The molecule has 0 bridgehead atoms. The summed E-state index contributed by atoms with van der Waals surface area (Å²) in [4.78, 5) is 13.7. The third kappa shape index (κ3) is 5.32. The quantitative estimate of drug-likeness (QED) is 0.340. The molecule has 1 aliphatic carbocycles. The molecule has 0 radical (unpaired) electrons. The first kappa shape index (κ1) is 25.9. The highest BCUT2D eigenvalue weighted by molar-refractivity contribution is 6.36. The van der Waals surface area contributed by atoms with Crippen molar-refractivity contribution in [3.63, 3.8) is 0 Å². The first-order chi connectivity index (χ1) is 17.2. The summed E-state index contributed by atoms with van der Waals surface area (Å²) in [5.41, 5.74) is 1.85. The molecule has 0 spiro atoms. The number of nitrogens with one attached hydrogen (secondary N) is 1. The van der Waals surface area contributed by atoms with E-state index in [2.05, 4.69) is 18.3 Å². The molecular formula is C27H27Cl2FN4O2. The molecule has 36 heavy (non-hydrogen) atoms. The molecule has 2 aromatic rings. The Kier molecular flexibility index (Phi) is 7.81.